The average Bonchev–Trinajstić information content (AvgIpc) is 3.63. The number of nitrogens with zero attached hydrogens (tertiary/aromatic N) is 2. The second-order valence-corrected chi connectivity index (χ2v) is 14.2. The lowest BCUT2D eigenvalue weighted by atomic mass is 9.79. The standard InChI is InChI=1S/C45H41N3/c1-7-16-28(8-2)43(29-17-10-9-11-18-29)42(27-47-46)48-40-22-15-13-20-31(40)35-25-39-34(26-41(35)48)33-24-37-32(23-38(33)45(39,5)6)30-19-12-14-21-36(30)44(37,3)4/h7,9-27H,1,8,46H2,2-6H3/b28-16+,43-42+,47-27-. The first-order valence-corrected chi connectivity index (χ1v) is 16.9. The SMILES string of the molecule is C=C/C=C(CC)/C(=C(/C=N\N)n1c2ccccc2c2cc3c(cc21)-c1cc2c(cc1C3(C)C)-c1ccccc1C2(C)C)c1ccccc1. The van der Waals surface area contributed by atoms with Crippen LogP contribution in [0.1, 0.15) is 68.9 Å². The van der Waals surface area contributed by atoms with Crippen LogP contribution in [-0.4, -0.2) is 10.8 Å². The minimum atomic E-state index is -0.159. The summed E-state index contributed by atoms with van der Waals surface area (Å²) in [5.74, 6) is 6.04. The topological polar surface area (TPSA) is 43.3 Å². The van der Waals surface area contributed by atoms with E-state index in [0.717, 1.165) is 34.3 Å². The number of hydrogen-bond donors (Lipinski definition) is 1. The summed E-state index contributed by atoms with van der Waals surface area (Å²) in [6.07, 6.45) is 6.63. The Morgan fingerprint density at radius 3 is 2.00 bits per heavy atom. The molecular weight excluding hydrogens is 583 g/mol. The van der Waals surface area contributed by atoms with Crippen molar-refractivity contribution < 1.29 is 0 Å². The molecule has 2 N–H and O–H groups in total. The molecule has 48 heavy (non-hydrogen) atoms. The maximum atomic E-state index is 6.04. The Morgan fingerprint density at radius 2 is 1.29 bits per heavy atom. The van der Waals surface area contributed by atoms with Crippen molar-refractivity contribution in [3.05, 3.63) is 155 Å². The Bertz CT molecular complexity index is 2390. The second-order valence-electron chi connectivity index (χ2n) is 14.2. The molecule has 5 aromatic carbocycles. The molecule has 0 atom stereocenters. The van der Waals surface area contributed by atoms with Gasteiger partial charge in [-0.3, -0.25) is 0 Å². The molecule has 0 unspecified atom stereocenters. The third-order valence-electron chi connectivity index (χ3n) is 10.9. The zero-order valence-electron chi connectivity index (χ0n) is 28.4. The summed E-state index contributed by atoms with van der Waals surface area (Å²) < 4.78 is 2.37. The van der Waals surface area contributed by atoms with Gasteiger partial charge in [0, 0.05) is 27.2 Å². The number of fused-ring (bicyclic) bond motifs is 9. The first-order valence-electron chi connectivity index (χ1n) is 16.9. The summed E-state index contributed by atoms with van der Waals surface area (Å²) in [5, 5.41) is 6.61. The molecule has 3 nitrogen and oxygen atoms in total. The molecule has 1 aromatic heterocycles. The second kappa shape index (κ2) is 10.8. The fourth-order valence-corrected chi connectivity index (χ4v) is 8.57. The summed E-state index contributed by atoms with van der Waals surface area (Å²) in [5.41, 5.74) is 17.2. The summed E-state index contributed by atoms with van der Waals surface area (Å²) in [4.78, 5) is 0. The van der Waals surface area contributed by atoms with Gasteiger partial charge >= 0.3 is 0 Å². The van der Waals surface area contributed by atoms with Crippen molar-refractivity contribution in [2.75, 3.05) is 0 Å². The van der Waals surface area contributed by atoms with Gasteiger partial charge in [0.1, 0.15) is 0 Å². The molecule has 0 saturated heterocycles. The largest absolute Gasteiger partial charge is 0.323 e. The van der Waals surface area contributed by atoms with Crippen LogP contribution >= 0.6 is 0 Å². The predicted octanol–water partition coefficient (Wildman–Crippen LogP) is 11.2. The molecule has 1 heterocycles. The van der Waals surface area contributed by atoms with Crippen molar-refractivity contribution in [1.29, 1.82) is 0 Å². The quantitative estimate of drug-likeness (QED) is 0.0853. The highest BCUT2D eigenvalue weighted by Gasteiger charge is 2.42. The maximum absolute atomic E-state index is 6.04. The highest BCUT2D eigenvalue weighted by Crippen LogP contribution is 2.57. The van der Waals surface area contributed by atoms with Gasteiger partial charge in [0.05, 0.1) is 22.9 Å². The number of para-hydroxylation sites is 1. The number of hydrazone groups is 1. The zero-order chi connectivity index (χ0) is 33.4. The fraction of sp³-hybridized carbons (Fsp3) is 0.178. The lowest BCUT2D eigenvalue weighted by Crippen LogP contribution is -2.17. The van der Waals surface area contributed by atoms with Gasteiger partial charge in [-0.05, 0) is 92.4 Å². The van der Waals surface area contributed by atoms with Crippen molar-refractivity contribution >= 4 is 39.3 Å². The van der Waals surface area contributed by atoms with E-state index in [4.69, 9.17) is 5.84 Å². The molecule has 2 aliphatic carbocycles. The van der Waals surface area contributed by atoms with Crippen LogP contribution < -0.4 is 5.84 Å². The Balaban J connectivity index is 1.48. The van der Waals surface area contributed by atoms with E-state index in [9.17, 15) is 0 Å². The minimum Gasteiger partial charge on any atom is -0.323 e. The number of allylic oxidation sites excluding steroid dienone is 5. The number of aromatic nitrogens is 1. The fourth-order valence-electron chi connectivity index (χ4n) is 8.57. The number of hydrogen-bond acceptors (Lipinski definition) is 2. The van der Waals surface area contributed by atoms with E-state index in [1.165, 1.54) is 60.9 Å². The normalized spacial score (nSPS) is 16.1. The Hall–Kier alpha value is -5.41. The zero-order valence-corrected chi connectivity index (χ0v) is 28.4. The predicted molar refractivity (Wildman–Crippen MR) is 205 cm³/mol. The van der Waals surface area contributed by atoms with Crippen molar-refractivity contribution in [3.63, 3.8) is 0 Å². The summed E-state index contributed by atoms with van der Waals surface area (Å²) >= 11 is 0. The van der Waals surface area contributed by atoms with Crippen LogP contribution in [0.5, 0.6) is 0 Å². The lowest BCUT2D eigenvalue weighted by Gasteiger charge is -2.24. The van der Waals surface area contributed by atoms with Crippen molar-refractivity contribution in [1.82, 2.24) is 4.57 Å². The first-order chi connectivity index (χ1) is 23.2. The van der Waals surface area contributed by atoms with Crippen molar-refractivity contribution in [2.45, 2.75) is 51.9 Å². The van der Waals surface area contributed by atoms with E-state index in [0.29, 0.717) is 0 Å². The van der Waals surface area contributed by atoms with E-state index in [1.54, 1.807) is 0 Å². The highest BCUT2D eigenvalue weighted by molar-refractivity contribution is 6.23. The van der Waals surface area contributed by atoms with Gasteiger partial charge in [-0.25, -0.2) is 0 Å². The van der Waals surface area contributed by atoms with Gasteiger partial charge in [-0.2, -0.15) is 5.10 Å². The third kappa shape index (κ3) is 4.10. The van der Waals surface area contributed by atoms with Crippen LogP contribution in [0.2, 0.25) is 0 Å². The molecular formula is C45H41N3. The molecule has 6 aromatic rings. The van der Waals surface area contributed by atoms with Crippen molar-refractivity contribution in [2.24, 2.45) is 10.9 Å². The van der Waals surface area contributed by atoms with Gasteiger partial charge in [0.2, 0.25) is 0 Å². The molecule has 0 spiro atoms. The third-order valence-corrected chi connectivity index (χ3v) is 10.9. The molecule has 0 radical (unpaired) electrons. The maximum Gasteiger partial charge on any atom is 0.0743 e. The van der Waals surface area contributed by atoms with Gasteiger partial charge in [-0.15, -0.1) is 0 Å². The Labute approximate surface area is 283 Å². The molecule has 0 fully saturated rings. The summed E-state index contributed by atoms with van der Waals surface area (Å²) in [6.45, 7) is 15.7. The van der Waals surface area contributed by atoms with Crippen LogP contribution in [0.4, 0.5) is 0 Å². The van der Waals surface area contributed by atoms with E-state index in [2.05, 4.69) is 160 Å². The Morgan fingerprint density at radius 1 is 0.688 bits per heavy atom. The van der Waals surface area contributed by atoms with E-state index < -0.39 is 0 Å². The smallest absolute Gasteiger partial charge is 0.0743 e. The number of nitrogens with two attached hydrogens (primary N) is 1. The molecule has 0 bridgehead atoms. The van der Waals surface area contributed by atoms with E-state index in [-0.39, 0.29) is 10.8 Å². The summed E-state index contributed by atoms with van der Waals surface area (Å²) in [6, 6.07) is 38.0. The molecule has 0 saturated carbocycles. The average molecular weight is 624 g/mol. The van der Waals surface area contributed by atoms with E-state index in [1.807, 2.05) is 12.3 Å². The first kappa shape index (κ1) is 30.0. The number of benzene rings is 5. The molecule has 2 aliphatic rings. The number of rotatable bonds is 6. The molecule has 236 valence electrons. The van der Waals surface area contributed by atoms with Crippen LogP contribution in [0, 0.1) is 0 Å². The highest BCUT2D eigenvalue weighted by atomic mass is 15.1. The van der Waals surface area contributed by atoms with Crippen LogP contribution in [-0.2, 0) is 10.8 Å². The molecule has 0 amide bonds. The van der Waals surface area contributed by atoms with E-state index >= 15 is 0 Å². The Kier molecular flexibility index (Phi) is 6.75. The van der Waals surface area contributed by atoms with Gasteiger partial charge in [-0.1, -0.05) is 126 Å². The molecule has 3 heteroatoms. The molecule has 0 aliphatic heterocycles. The molecule has 8 rings (SSSR count). The minimum absolute atomic E-state index is 0.0705. The lowest BCUT2D eigenvalue weighted by molar-refractivity contribution is 0.652. The van der Waals surface area contributed by atoms with Crippen LogP contribution in [0.3, 0.4) is 0 Å². The summed E-state index contributed by atoms with van der Waals surface area (Å²) in [7, 11) is 0. The van der Waals surface area contributed by atoms with Gasteiger partial charge < -0.3 is 10.4 Å². The monoisotopic (exact) mass is 623 g/mol. The van der Waals surface area contributed by atoms with Gasteiger partial charge in [0.25, 0.3) is 0 Å². The van der Waals surface area contributed by atoms with Crippen LogP contribution in [0.25, 0.3) is 55.3 Å². The van der Waals surface area contributed by atoms with Gasteiger partial charge in [0.15, 0.2) is 0 Å². The van der Waals surface area contributed by atoms with Crippen molar-refractivity contribution in [3.8, 4) is 22.3 Å². The van der Waals surface area contributed by atoms with Crippen LogP contribution in [0.15, 0.2) is 133 Å².